The fourth-order valence-corrected chi connectivity index (χ4v) is 5.95. The first-order valence-corrected chi connectivity index (χ1v) is 17.6. The van der Waals surface area contributed by atoms with E-state index in [9.17, 15) is 4.57 Å². The van der Waals surface area contributed by atoms with Crippen LogP contribution in [0.4, 0.5) is 0 Å². The van der Waals surface area contributed by atoms with Crippen LogP contribution in [-0.4, -0.2) is 12.2 Å². The summed E-state index contributed by atoms with van der Waals surface area (Å²) in [5.41, 5.74) is 0. The molecule has 0 bridgehead atoms. The van der Waals surface area contributed by atoms with Crippen LogP contribution >= 0.6 is 8.25 Å². The second kappa shape index (κ2) is 29.6. The summed E-state index contributed by atoms with van der Waals surface area (Å²) in [4.78, 5) is 0. The fourth-order valence-electron chi connectivity index (χ4n) is 5.00. The van der Waals surface area contributed by atoms with Gasteiger partial charge in [-0.1, -0.05) is 169 Å². The molecule has 216 valence electrons. The third-order valence-corrected chi connectivity index (χ3v) is 8.43. The van der Waals surface area contributed by atoms with Crippen molar-refractivity contribution in [1.29, 1.82) is 0 Å². The Balaban J connectivity index is 4.20. The summed E-state index contributed by atoms with van der Waals surface area (Å²) in [7, 11) is -2.01. The van der Waals surface area contributed by atoms with Crippen molar-refractivity contribution in [3.05, 3.63) is 0 Å². The number of hydrogen-bond donors (Lipinski definition) is 0. The Morgan fingerprint density at radius 1 is 0.389 bits per heavy atom. The third kappa shape index (κ3) is 25.7. The molecule has 2 atom stereocenters. The van der Waals surface area contributed by atoms with Gasteiger partial charge in [-0.3, -0.25) is 0 Å². The highest BCUT2D eigenvalue weighted by atomic mass is 31.1. The fraction of sp³-hybridized carbons (Fsp3) is 1.00. The molecular formula is C32H66O3P+. The standard InChI is InChI=1S/C32H66O3P/c1-5-9-13-15-17-19-21-23-25-29-31(27-11-7-3)34-36(33)35-32(28-12-8-4)30-26-24-22-20-18-16-14-10-6-2/h31-32H,5-30H2,1-4H3/q+1. The van der Waals surface area contributed by atoms with E-state index in [1.807, 2.05) is 0 Å². The molecule has 0 aromatic carbocycles. The highest BCUT2D eigenvalue weighted by molar-refractivity contribution is 7.33. The molecule has 0 saturated heterocycles. The smallest absolute Gasteiger partial charge is 0.116 e. The number of hydrogen-bond acceptors (Lipinski definition) is 3. The second-order valence-corrected chi connectivity index (χ2v) is 12.1. The molecule has 0 heterocycles. The summed E-state index contributed by atoms with van der Waals surface area (Å²) in [6, 6.07) is 0. The molecule has 0 aliphatic carbocycles. The topological polar surface area (TPSA) is 35.5 Å². The normalized spacial score (nSPS) is 13.7. The molecule has 3 nitrogen and oxygen atoms in total. The van der Waals surface area contributed by atoms with E-state index in [1.54, 1.807) is 0 Å². The van der Waals surface area contributed by atoms with E-state index in [4.69, 9.17) is 9.05 Å². The van der Waals surface area contributed by atoms with Gasteiger partial charge in [0.1, 0.15) is 12.2 Å². The Morgan fingerprint density at radius 2 is 0.639 bits per heavy atom. The van der Waals surface area contributed by atoms with Crippen molar-refractivity contribution in [2.45, 2.75) is 207 Å². The number of unbranched alkanes of at least 4 members (excludes halogenated alkanes) is 18. The zero-order chi connectivity index (χ0) is 26.5. The van der Waals surface area contributed by atoms with Crippen LogP contribution in [0.25, 0.3) is 0 Å². The van der Waals surface area contributed by atoms with Crippen LogP contribution in [0, 0.1) is 0 Å². The first-order chi connectivity index (χ1) is 17.7. The summed E-state index contributed by atoms with van der Waals surface area (Å²) in [5, 5.41) is 0. The first kappa shape index (κ1) is 36.0. The predicted molar refractivity (Wildman–Crippen MR) is 160 cm³/mol. The lowest BCUT2D eigenvalue weighted by atomic mass is 10.0. The molecule has 0 aliphatic rings. The molecule has 0 rings (SSSR count). The van der Waals surface area contributed by atoms with E-state index < -0.39 is 8.25 Å². The average Bonchev–Trinajstić information content (AvgIpc) is 2.88. The largest absolute Gasteiger partial charge is 0.697 e. The van der Waals surface area contributed by atoms with Crippen LogP contribution in [0.3, 0.4) is 0 Å². The van der Waals surface area contributed by atoms with E-state index in [0.717, 1.165) is 51.4 Å². The lowest BCUT2D eigenvalue weighted by Gasteiger charge is -2.13. The SMILES string of the molecule is CCCCCCCCCCCC(CCCC)O[P+](=O)OC(CCCC)CCCCCCCCCCC. The highest BCUT2D eigenvalue weighted by Gasteiger charge is 2.31. The lowest BCUT2D eigenvalue weighted by Crippen LogP contribution is -2.13. The molecule has 0 spiro atoms. The van der Waals surface area contributed by atoms with Crippen LogP contribution in [0.15, 0.2) is 0 Å². The predicted octanol–water partition coefficient (Wildman–Crippen LogP) is 12.6. The quantitative estimate of drug-likeness (QED) is 0.0685. The van der Waals surface area contributed by atoms with E-state index in [0.29, 0.717) is 0 Å². The zero-order valence-corrected chi connectivity index (χ0v) is 26.1. The maximum Gasteiger partial charge on any atom is 0.697 e. The van der Waals surface area contributed by atoms with Crippen molar-refractivity contribution in [2.75, 3.05) is 0 Å². The average molecular weight is 530 g/mol. The molecule has 36 heavy (non-hydrogen) atoms. The molecule has 4 heteroatoms. The minimum Gasteiger partial charge on any atom is -0.116 e. The molecule has 0 aliphatic heterocycles. The van der Waals surface area contributed by atoms with Crippen molar-refractivity contribution in [3.8, 4) is 0 Å². The maximum atomic E-state index is 12.8. The first-order valence-electron chi connectivity index (χ1n) is 16.5. The van der Waals surface area contributed by atoms with Crippen LogP contribution in [0.1, 0.15) is 195 Å². The van der Waals surface area contributed by atoms with Gasteiger partial charge < -0.3 is 0 Å². The van der Waals surface area contributed by atoms with Gasteiger partial charge in [0.15, 0.2) is 0 Å². The second-order valence-electron chi connectivity index (χ2n) is 11.2. The van der Waals surface area contributed by atoms with Gasteiger partial charge in [-0.15, -0.1) is 9.05 Å². The summed E-state index contributed by atoms with van der Waals surface area (Å²) < 4.78 is 24.8. The van der Waals surface area contributed by atoms with Gasteiger partial charge in [0.2, 0.25) is 0 Å². The maximum absolute atomic E-state index is 12.8. The zero-order valence-electron chi connectivity index (χ0n) is 25.2. The van der Waals surface area contributed by atoms with E-state index in [2.05, 4.69) is 27.7 Å². The Bertz CT molecular complexity index is 405. The highest BCUT2D eigenvalue weighted by Crippen LogP contribution is 2.34. The van der Waals surface area contributed by atoms with Crippen molar-refractivity contribution in [1.82, 2.24) is 0 Å². The summed E-state index contributed by atoms with van der Waals surface area (Å²) in [6.07, 6.45) is 32.9. The number of rotatable bonds is 30. The van der Waals surface area contributed by atoms with Gasteiger partial charge in [0, 0.05) is 4.57 Å². The molecular weight excluding hydrogens is 463 g/mol. The summed E-state index contributed by atoms with van der Waals surface area (Å²) in [6.45, 7) is 8.99. The molecule has 0 aromatic rings. The minimum atomic E-state index is -2.01. The van der Waals surface area contributed by atoms with E-state index >= 15 is 0 Å². The van der Waals surface area contributed by atoms with Gasteiger partial charge in [0.05, 0.1) is 0 Å². The van der Waals surface area contributed by atoms with E-state index in [-0.39, 0.29) is 12.2 Å². The molecule has 0 radical (unpaired) electrons. The van der Waals surface area contributed by atoms with Gasteiger partial charge >= 0.3 is 8.25 Å². The Hall–Kier alpha value is 0.0200. The lowest BCUT2D eigenvalue weighted by molar-refractivity contribution is 0.107. The van der Waals surface area contributed by atoms with Gasteiger partial charge in [0.25, 0.3) is 0 Å². The summed E-state index contributed by atoms with van der Waals surface area (Å²) >= 11 is 0. The van der Waals surface area contributed by atoms with Crippen molar-refractivity contribution in [2.24, 2.45) is 0 Å². The van der Waals surface area contributed by atoms with E-state index in [1.165, 1.54) is 116 Å². The molecule has 0 amide bonds. The van der Waals surface area contributed by atoms with Crippen molar-refractivity contribution >= 4 is 8.25 Å². The Labute approximate surface area is 228 Å². The molecule has 2 unspecified atom stereocenters. The van der Waals surface area contributed by atoms with Crippen LogP contribution in [0.5, 0.6) is 0 Å². The third-order valence-electron chi connectivity index (χ3n) is 7.49. The van der Waals surface area contributed by atoms with Gasteiger partial charge in [-0.25, -0.2) is 0 Å². The van der Waals surface area contributed by atoms with Crippen LogP contribution in [0.2, 0.25) is 0 Å². The van der Waals surface area contributed by atoms with Crippen LogP contribution < -0.4 is 0 Å². The molecule has 0 N–H and O–H groups in total. The molecule has 0 aromatic heterocycles. The van der Waals surface area contributed by atoms with Crippen LogP contribution in [-0.2, 0) is 13.6 Å². The molecule has 0 fully saturated rings. The minimum absolute atomic E-state index is 0.0950. The van der Waals surface area contributed by atoms with Crippen molar-refractivity contribution in [3.63, 3.8) is 0 Å². The Kier molecular flexibility index (Phi) is 29.6. The molecule has 0 saturated carbocycles. The Morgan fingerprint density at radius 3 is 0.944 bits per heavy atom. The monoisotopic (exact) mass is 529 g/mol. The summed E-state index contributed by atoms with van der Waals surface area (Å²) in [5.74, 6) is 0. The van der Waals surface area contributed by atoms with Gasteiger partial charge in [-0.05, 0) is 25.7 Å². The van der Waals surface area contributed by atoms with Crippen molar-refractivity contribution < 1.29 is 13.6 Å². The van der Waals surface area contributed by atoms with Gasteiger partial charge in [-0.2, -0.15) is 0 Å².